The zero-order valence-electron chi connectivity index (χ0n) is 13.3. The van der Waals surface area contributed by atoms with Gasteiger partial charge in [-0.15, -0.1) is 0 Å². The van der Waals surface area contributed by atoms with Crippen LogP contribution in [-0.2, 0) is 9.59 Å². The van der Waals surface area contributed by atoms with Crippen molar-refractivity contribution in [2.75, 3.05) is 5.32 Å². The smallest absolute Gasteiger partial charge is 0.224 e. The zero-order chi connectivity index (χ0) is 16.7. The predicted molar refractivity (Wildman–Crippen MR) is 86.4 cm³/mol. The standard InChI is InChI=1S/C17H24ClNO3/c1-11(2)8-9-13(17(21)22)12(3)10-16(20)19-15-7-5-4-6-14(15)18/h4-7,11-13H,8-10H2,1-3H3,(H,19,20)(H,21,22)/p-1/t12-,13-/m1/s1. The lowest BCUT2D eigenvalue weighted by atomic mass is 9.85. The molecule has 0 saturated heterocycles. The van der Waals surface area contributed by atoms with Crippen molar-refractivity contribution < 1.29 is 14.7 Å². The van der Waals surface area contributed by atoms with Crippen LogP contribution in [0.15, 0.2) is 24.3 Å². The number of rotatable bonds is 8. The van der Waals surface area contributed by atoms with E-state index in [4.69, 9.17) is 11.6 Å². The van der Waals surface area contributed by atoms with Crippen molar-refractivity contribution in [2.24, 2.45) is 17.8 Å². The first-order valence-electron chi connectivity index (χ1n) is 7.56. The van der Waals surface area contributed by atoms with Crippen LogP contribution >= 0.6 is 11.6 Å². The summed E-state index contributed by atoms with van der Waals surface area (Å²) in [6, 6.07) is 6.95. The first kappa shape index (κ1) is 18.5. The van der Waals surface area contributed by atoms with Crippen molar-refractivity contribution >= 4 is 29.2 Å². The highest BCUT2D eigenvalue weighted by Crippen LogP contribution is 2.25. The summed E-state index contributed by atoms with van der Waals surface area (Å²) < 4.78 is 0. The molecule has 4 nitrogen and oxygen atoms in total. The van der Waals surface area contributed by atoms with Gasteiger partial charge in [0.05, 0.1) is 10.7 Å². The van der Waals surface area contributed by atoms with E-state index in [0.29, 0.717) is 23.0 Å². The van der Waals surface area contributed by atoms with Gasteiger partial charge in [0.25, 0.3) is 0 Å². The number of aliphatic carboxylic acids is 1. The third-order valence-electron chi connectivity index (χ3n) is 3.70. The molecule has 0 unspecified atom stereocenters. The van der Waals surface area contributed by atoms with Crippen molar-refractivity contribution in [3.63, 3.8) is 0 Å². The van der Waals surface area contributed by atoms with Gasteiger partial charge in [0, 0.05) is 18.3 Å². The maximum absolute atomic E-state index is 12.1. The highest BCUT2D eigenvalue weighted by Gasteiger charge is 2.21. The SMILES string of the molecule is CC(C)CC[C@@H](C(=O)[O-])[C@H](C)CC(=O)Nc1ccccc1Cl. The Morgan fingerprint density at radius 3 is 2.36 bits per heavy atom. The summed E-state index contributed by atoms with van der Waals surface area (Å²) in [5, 5.41) is 14.5. The zero-order valence-corrected chi connectivity index (χ0v) is 14.0. The fourth-order valence-corrected chi connectivity index (χ4v) is 2.53. The number of carboxylic acids is 1. The van der Waals surface area contributed by atoms with E-state index in [-0.39, 0.29) is 18.2 Å². The second kappa shape index (κ2) is 8.79. The molecule has 0 fully saturated rings. The number of nitrogens with one attached hydrogen (secondary N) is 1. The number of carbonyl (C=O) groups excluding carboxylic acids is 2. The number of amides is 1. The Balaban J connectivity index is 2.61. The lowest BCUT2D eigenvalue weighted by molar-refractivity contribution is -0.313. The Morgan fingerprint density at radius 2 is 1.82 bits per heavy atom. The molecule has 0 aliphatic carbocycles. The molecule has 0 aliphatic heterocycles. The van der Waals surface area contributed by atoms with Gasteiger partial charge in [-0.1, -0.05) is 50.9 Å². The molecule has 2 atom stereocenters. The lowest BCUT2D eigenvalue weighted by Crippen LogP contribution is -2.36. The summed E-state index contributed by atoms with van der Waals surface area (Å²) in [4.78, 5) is 23.3. The largest absolute Gasteiger partial charge is 0.550 e. The van der Waals surface area contributed by atoms with Gasteiger partial charge in [-0.25, -0.2) is 0 Å². The molecule has 0 spiro atoms. The van der Waals surface area contributed by atoms with Crippen LogP contribution in [0.25, 0.3) is 0 Å². The molecule has 0 bridgehead atoms. The number of anilines is 1. The van der Waals surface area contributed by atoms with Crippen LogP contribution in [0.5, 0.6) is 0 Å². The molecular weight excluding hydrogens is 302 g/mol. The van der Waals surface area contributed by atoms with Gasteiger partial charge in [0.1, 0.15) is 0 Å². The predicted octanol–water partition coefficient (Wildman–Crippen LogP) is 3.11. The van der Waals surface area contributed by atoms with Crippen LogP contribution in [-0.4, -0.2) is 11.9 Å². The fraction of sp³-hybridized carbons (Fsp3) is 0.529. The van der Waals surface area contributed by atoms with Crippen LogP contribution in [0.1, 0.15) is 40.0 Å². The van der Waals surface area contributed by atoms with Crippen LogP contribution in [0.4, 0.5) is 5.69 Å². The van der Waals surface area contributed by atoms with Gasteiger partial charge in [-0.05, 0) is 30.4 Å². The summed E-state index contributed by atoms with van der Waals surface area (Å²) in [6.07, 6.45) is 1.46. The summed E-state index contributed by atoms with van der Waals surface area (Å²) in [5.41, 5.74) is 0.536. The highest BCUT2D eigenvalue weighted by atomic mass is 35.5. The van der Waals surface area contributed by atoms with E-state index in [1.54, 1.807) is 31.2 Å². The average molecular weight is 325 g/mol. The Hall–Kier alpha value is -1.55. The van der Waals surface area contributed by atoms with Gasteiger partial charge in [0.15, 0.2) is 0 Å². The second-order valence-electron chi connectivity index (χ2n) is 6.11. The molecule has 1 rings (SSSR count). The minimum Gasteiger partial charge on any atom is -0.550 e. The van der Waals surface area contributed by atoms with Crippen molar-refractivity contribution in [3.8, 4) is 0 Å². The molecule has 0 aliphatic rings. The molecule has 0 heterocycles. The summed E-state index contributed by atoms with van der Waals surface area (Å²) in [7, 11) is 0. The highest BCUT2D eigenvalue weighted by molar-refractivity contribution is 6.33. The van der Waals surface area contributed by atoms with E-state index in [9.17, 15) is 14.7 Å². The topological polar surface area (TPSA) is 69.2 Å². The molecular formula is C17H23ClNO3-. The molecule has 0 radical (unpaired) electrons. The second-order valence-corrected chi connectivity index (χ2v) is 6.51. The Labute approximate surface area is 136 Å². The Kier molecular flexibility index (Phi) is 7.39. The van der Waals surface area contributed by atoms with Crippen molar-refractivity contribution in [1.82, 2.24) is 0 Å². The molecule has 0 saturated carbocycles. The van der Waals surface area contributed by atoms with Gasteiger partial charge in [-0.3, -0.25) is 4.79 Å². The lowest BCUT2D eigenvalue weighted by Gasteiger charge is -2.25. The molecule has 1 amide bonds. The molecule has 5 heteroatoms. The fourth-order valence-electron chi connectivity index (χ4n) is 2.35. The van der Waals surface area contributed by atoms with Crippen LogP contribution in [0.3, 0.4) is 0 Å². The first-order valence-corrected chi connectivity index (χ1v) is 7.94. The summed E-state index contributed by atoms with van der Waals surface area (Å²) in [5.74, 6) is -1.80. The summed E-state index contributed by atoms with van der Waals surface area (Å²) in [6.45, 7) is 5.86. The number of halogens is 1. The number of para-hydroxylation sites is 1. The van der Waals surface area contributed by atoms with Crippen molar-refractivity contribution in [1.29, 1.82) is 0 Å². The molecule has 1 N–H and O–H groups in total. The molecule has 22 heavy (non-hydrogen) atoms. The molecule has 1 aromatic rings. The monoisotopic (exact) mass is 324 g/mol. The van der Waals surface area contributed by atoms with E-state index in [0.717, 1.165) is 6.42 Å². The van der Waals surface area contributed by atoms with E-state index < -0.39 is 11.9 Å². The number of carboxylic acid groups (broad SMARTS) is 1. The van der Waals surface area contributed by atoms with Gasteiger partial charge in [0.2, 0.25) is 5.91 Å². The third kappa shape index (κ3) is 6.06. The number of carbonyl (C=O) groups is 2. The number of hydrogen-bond donors (Lipinski definition) is 1. The first-order chi connectivity index (χ1) is 10.3. The summed E-state index contributed by atoms with van der Waals surface area (Å²) >= 11 is 5.98. The maximum Gasteiger partial charge on any atom is 0.224 e. The van der Waals surface area contributed by atoms with E-state index >= 15 is 0 Å². The van der Waals surface area contributed by atoms with Gasteiger partial charge in [-0.2, -0.15) is 0 Å². The molecule has 0 aromatic heterocycles. The third-order valence-corrected chi connectivity index (χ3v) is 4.03. The van der Waals surface area contributed by atoms with E-state index in [2.05, 4.69) is 5.32 Å². The Bertz CT molecular complexity index is 516. The normalized spacial score (nSPS) is 13.7. The van der Waals surface area contributed by atoms with E-state index in [1.165, 1.54) is 0 Å². The number of benzene rings is 1. The minimum absolute atomic E-state index is 0.127. The Morgan fingerprint density at radius 1 is 1.18 bits per heavy atom. The minimum atomic E-state index is -1.08. The molecule has 122 valence electrons. The average Bonchev–Trinajstić information content (AvgIpc) is 2.40. The van der Waals surface area contributed by atoms with E-state index in [1.807, 2.05) is 13.8 Å². The van der Waals surface area contributed by atoms with Gasteiger partial charge < -0.3 is 15.2 Å². The number of hydrogen-bond acceptors (Lipinski definition) is 3. The van der Waals surface area contributed by atoms with Crippen molar-refractivity contribution in [2.45, 2.75) is 40.0 Å². The maximum atomic E-state index is 12.1. The van der Waals surface area contributed by atoms with Crippen molar-refractivity contribution in [3.05, 3.63) is 29.3 Å². The van der Waals surface area contributed by atoms with Gasteiger partial charge >= 0.3 is 0 Å². The molecule has 1 aromatic carbocycles. The van der Waals surface area contributed by atoms with Crippen LogP contribution < -0.4 is 10.4 Å². The quantitative estimate of drug-likeness (QED) is 0.798. The van der Waals surface area contributed by atoms with Crippen LogP contribution in [0, 0.1) is 17.8 Å². The van der Waals surface area contributed by atoms with Crippen LogP contribution in [0.2, 0.25) is 5.02 Å².